The minimum Gasteiger partial charge on any atom is -0.497 e. The fraction of sp³-hybridized carbons (Fsp3) is 0.167. The van der Waals surface area contributed by atoms with Gasteiger partial charge in [0.2, 0.25) is 0 Å². The maximum absolute atomic E-state index is 12.6. The third-order valence-electron chi connectivity index (χ3n) is 3.68. The van der Waals surface area contributed by atoms with Gasteiger partial charge in [-0.2, -0.15) is 0 Å². The van der Waals surface area contributed by atoms with Gasteiger partial charge in [-0.25, -0.2) is 4.68 Å². The molecule has 1 N–H and O–H groups in total. The number of aromatic nitrogens is 3. The van der Waals surface area contributed by atoms with E-state index in [1.54, 1.807) is 67.4 Å². The van der Waals surface area contributed by atoms with Crippen molar-refractivity contribution in [2.75, 3.05) is 19.5 Å². The van der Waals surface area contributed by atoms with Gasteiger partial charge in [0, 0.05) is 17.8 Å². The molecule has 0 fully saturated rings. The van der Waals surface area contributed by atoms with Crippen molar-refractivity contribution >= 4 is 23.2 Å². The number of methoxy groups -OCH3 is 2. The molecule has 0 aliphatic rings. The number of hydrogen-bond acceptors (Lipinski definition) is 5. The molecule has 0 saturated heterocycles. The highest BCUT2D eigenvalue weighted by atomic mass is 35.5. The van der Waals surface area contributed by atoms with Gasteiger partial charge in [0.25, 0.3) is 5.91 Å². The highest BCUT2D eigenvalue weighted by Gasteiger charge is 2.20. The van der Waals surface area contributed by atoms with Crippen LogP contribution < -0.4 is 10.1 Å². The Morgan fingerprint density at radius 1 is 1.12 bits per heavy atom. The SMILES string of the molecule is COCc1c(C(=O)Nc2ccc(OC)cc2)nnn1-c1ccc(Cl)cc1. The van der Waals surface area contributed by atoms with Gasteiger partial charge in [-0.1, -0.05) is 16.8 Å². The molecule has 2 aromatic carbocycles. The number of amides is 1. The maximum atomic E-state index is 12.6. The Hall–Kier alpha value is -2.90. The molecule has 1 aromatic heterocycles. The zero-order valence-corrected chi connectivity index (χ0v) is 15.0. The molecule has 8 heteroatoms. The molecule has 0 bridgehead atoms. The molecule has 0 unspecified atom stereocenters. The highest BCUT2D eigenvalue weighted by molar-refractivity contribution is 6.30. The van der Waals surface area contributed by atoms with Crippen LogP contribution in [0.25, 0.3) is 5.69 Å². The molecule has 0 aliphatic carbocycles. The molecule has 0 radical (unpaired) electrons. The molecular weight excluding hydrogens is 356 g/mol. The van der Waals surface area contributed by atoms with Crippen molar-refractivity contribution in [2.24, 2.45) is 0 Å². The molecule has 26 heavy (non-hydrogen) atoms. The summed E-state index contributed by atoms with van der Waals surface area (Å²) in [6.07, 6.45) is 0. The maximum Gasteiger partial charge on any atom is 0.278 e. The number of rotatable bonds is 6. The molecule has 0 atom stereocenters. The predicted octanol–water partition coefficient (Wildman–Crippen LogP) is 3.33. The van der Waals surface area contributed by atoms with Crippen molar-refractivity contribution in [3.63, 3.8) is 0 Å². The number of hydrogen-bond donors (Lipinski definition) is 1. The summed E-state index contributed by atoms with van der Waals surface area (Å²) in [7, 11) is 3.13. The molecule has 1 amide bonds. The zero-order valence-electron chi connectivity index (χ0n) is 14.3. The Morgan fingerprint density at radius 3 is 2.42 bits per heavy atom. The first-order valence-corrected chi connectivity index (χ1v) is 8.15. The minimum atomic E-state index is -0.373. The van der Waals surface area contributed by atoms with Crippen LogP contribution >= 0.6 is 11.6 Å². The fourth-order valence-corrected chi connectivity index (χ4v) is 2.52. The van der Waals surface area contributed by atoms with E-state index < -0.39 is 0 Å². The van der Waals surface area contributed by atoms with Crippen LogP contribution in [0.2, 0.25) is 5.02 Å². The van der Waals surface area contributed by atoms with Crippen LogP contribution in [0.5, 0.6) is 5.75 Å². The summed E-state index contributed by atoms with van der Waals surface area (Å²) in [4.78, 5) is 12.6. The lowest BCUT2D eigenvalue weighted by Crippen LogP contribution is -2.16. The Kier molecular flexibility index (Phi) is 5.50. The van der Waals surface area contributed by atoms with E-state index in [4.69, 9.17) is 21.1 Å². The lowest BCUT2D eigenvalue weighted by atomic mass is 10.2. The van der Waals surface area contributed by atoms with E-state index in [1.807, 2.05) is 0 Å². The Balaban J connectivity index is 1.88. The monoisotopic (exact) mass is 372 g/mol. The fourth-order valence-electron chi connectivity index (χ4n) is 2.40. The Morgan fingerprint density at radius 2 is 1.81 bits per heavy atom. The van der Waals surface area contributed by atoms with Crippen LogP contribution in [0.3, 0.4) is 0 Å². The van der Waals surface area contributed by atoms with Crippen LogP contribution in [-0.2, 0) is 11.3 Å². The lowest BCUT2D eigenvalue weighted by Gasteiger charge is -2.08. The number of carbonyl (C=O) groups excluding carboxylic acids is 1. The number of anilines is 1. The predicted molar refractivity (Wildman–Crippen MR) is 98.0 cm³/mol. The summed E-state index contributed by atoms with van der Waals surface area (Å²) in [5.41, 5.74) is 2.09. The first-order chi connectivity index (χ1) is 12.6. The van der Waals surface area contributed by atoms with Crippen molar-refractivity contribution in [3.8, 4) is 11.4 Å². The van der Waals surface area contributed by atoms with Crippen LogP contribution in [-0.4, -0.2) is 35.1 Å². The Bertz CT molecular complexity index is 892. The third kappa shape index (κ3) is 3.84. The normalized spacial score (nSPS) is 10.6. The summed E-state index contributed by atoms with van der Waals surface area (Å²) in [6.45, 7) is 0.182. The highest BCUT2D eigenvalue weighted by Crippen LogP contribution is 2.19. The van der Waals surface area contributed by atoms with Gasteiger partial charge in [0.1, 0.15) is 11.4 Å². The molecular formula is C18H17ClN4O3. The summed E-state index contributed by atoms with van der Waals surface area (Å²) in [6, 6.07) is 14.1. The van der Waals surface area contributed by atoms with Crippen molar-refractivity contribution in [2.45, 2.75) is 6.61 Å². The van der Waals surface area contributed by atoms with Gasteiger partial charge in [-0.15, -0.1) is 5.10 Å². The number of carbonyl (C=O) groups is 1. The average molecular weight is 373 g/mol. The Labute approximate surface area is 155 Å². The summed E-state index contributed by atoms with van der Waals surface area (Å²) in [5, 5.41) is 11.5. The second-order valence-corrected chi connectivity index (χ2v) is 5.83. The molecule has 1 heterocycles. The van der Waals surface area contributed by atoms with Gasteiger partial charge < -0.3 is 14.8 Å². The minimum absolute atomic E-state index is 0.182. The summed E-state index contributed by atoms with van der Waals surface area (Å²) in [5.74, 6) is 0.333. The lowest BCUT2D eigenvalue weighted by molar-refractivity contribution is 0.101. The van der Waals surface area contributed by atoms with Gasteiger partial charge in [-0.3, -0.25) is 4.79 Å². The van der Waals surface area contributed by atoms with Crippen molar-refractivity contribution in [3.05, 3.63) is 64.9 Å². The first kappa shape index (κ1) is 17.9. The van der Waals surface area contributed by atoms with Crippen LogP contribution in [0.1, 0.15) is 16.2 Å². The van der Waals surface area contributed by atoms with E-state index in [-0.39, 0.29) is 18.2 Å². The van der Waals surface area contributed by atoms with Crippen LogP contribution in [0, 0.1) is 0 Å². The number of nitrogens with one attached hydrogen (secondary N) is 1. The van der Waals surface area contributed by atoms with Gasteiger partial charge in [0.15, 0.2) is 5.69 Å². The largest absolute Gasteiger partial charge is 0.497 e. The quantitative estimate of drug-likeness (QED) is 0.718. The number of nitrogens with zero attached hydrogens (tertiary/aromatic N) is 3. The number of ether oxygens (including phenoxy) is 2. The smallest absolute Gasteiger partial charge is 0.278 e. The molecule has 7 nitrogen and oxygen atoms in total. The first-order valence-electron chi connectivity index (χ1n) is 7.77. The molecule has 0 aliphatic heterocycles. The third-order valence-corrected chi connectivity index (χ3v) is 3.93. The molecule has 0 saturated carbocycles. The van der Waals surface area contributed by atoms with Gasteiger partial charge in [0.05, 0.1) is 19.4 Å². The molecule has 3 aromatic rings. The summed E-state index contributed by atoms with van der Waals surface area (Å²) >= 11 is 5.92. The average Bonchev–Trinajstić information content (AvgIpc) is 3.07. The van der Waals surface area contributed by atoms with E-state index in [0.717, 1.165) is 5.69 Å². The van der Waals surface area contributed by atoms with Gasteiger partial charge >= 0.3 is 0 Å². The van der Waals surface area contributed by atoms with Crippen molar-refractivity contribution in [1.82, 2.24) is 15.0 Å². The topological polar surface area (TPSA) is 78.3 Å². The van der Waals surface area contributed by atoms with Gasteiger partial charge in [-0.05, 0) is 48.5 Å². The van der Waals surface area contributed by atoms with Crippen LogP contribution in [0.4, 0.5) is 5.69 Å². The standard InChI is InChI=1S/C18H17ClN4O3/c1-25-11-16-17(18(24)20-13-5-9-15(26-2)10-6-13)21-22-23(16)14-7-3-12(19)4-8-14/h3-10H,11H2,1-2H3,(H,20,24). The van der Waals surface area contributed by atoms with Crippen molar-refractivity contribution < 1.29 is 14.3 Å². The second kappa shape index (κ2) is 7.99. The molecule has 3 rings (SSSR count). The molecule has 0 spiro atoms. The van der Waals surface area contributed by atoms with Crippen LogP contribution in [0.15, 0.2) is 48.5 Å². The second-order valence-electron chi connectivity index (χ2n) is 5.39. The number of benzene rings is 2. The van der Waals surface area contributed by atoms with E-state index in [0.29, 0.717) is 22.2 Å². The summed E-state index contributed by atoms with van der Waals surface area (Å²) < 4.78 is 11.9. The van der Waals surface area contributed by atoms with E-state index >= 15 is 0 Å². The van der Waals surface area contributed by atoms with E-state index in [1.165, 1.54) is 0 Å². The van der Waals surface area contributed by atoms with Crippen molar-refractivity contribution in [1.29, 1.82) is 0 Å². The number of halogens is 1. The van der Waals surface area contributed by atoms with E-state index in [2.05, 4.69) is 15.6 Å². The van der Waals surface area contributed by atoms with E-state index in [9.17, 15) is 4.79 Å². The zero-order chi connectivity index (χ0) is 18.5. The molecule has 134 valence electrons.